The van der Waals surface area contributed by atoms with Gasteiger partial charge < -0.3 is 5.32 Å². The highest BCUT2D eigenvalue weighted by molar-refractivity contribution is 6.31. The van der Waals surface area contributed by atoms with Crippen LogP contribution in [-0.2, 0) is 6.54 Å². The first-order valence-electron chi connectivity index (χ1n) is 6.69. The molecule has 20 heavy (non-hydrogen) atoms. The molecule has 0 atom stereocenters. The van der Waals surface area contributed by atoms with Crippen molar-refractivity contribution >= 4 is 17.3 Å². The molecule has 0 saturated carbocycles. The van der Waals surface area contributed by atoms with Crippen molar-refractivity contribution in [1.29, 1.82) is 0 Å². The summed E-state index contributed by atoms with van der Waals surface area (Å²) in [5.74, 6) is 0. The van der Waals surface area contributed by atoms with Crippen LogP contribution >= 0.6 is 11.6 Å². The Bertz CT molecular complexity index is 493. The Labute approximate surface area is 125 Å². The zero-order chi connectivity index (χ0) is 15.6. The molecule has 5 heteroatoms. The average Bonchev–Trinajstić information content (AvgIpc) is 2.23. The molecule has 1 rings (SSSR count). The highest BCUT2D eigenvalue weighted by Gasteiger charge is 2.26. The van der Waals surface area contributed by atoms with Gasteiger partial charge in [0, 0.05) is 18.2 Å². The van der Waals surface area contributed by atoms with Gasteiger partial charge in [0.1, 0.15) is 0 Å². The topological polar surface area (TPSA) is 55.2 Å². The smallest absolute Gasteiger partial charge is 0.275 e. The molecular formula is C15H23ClN2O2. The van der Waals surface area contributed by atoms with Crippen LogP contribution in [0.2, 0.25) is 5.02 Å². The number of nitrogens with zero attached hydrogens (tertiary/aromatic N) is 1. The summed E-state index contributed by atoms with van der Waals surface area (Å²) in [6.07, 6.45) is 0.957. The summed E-state index contributed by atoms with van der Waals surface area (Å²) < 4.78 is 0. The zero-order valence-electron chi connectivity index (χ0n) is 12.8. The van der Waals surface area contributed by atoms with Crippen LogP contribution in [0.15, 0.2) is 18.2 Å². The third-order valence-electron chi connectivity index (χ3n) is 3.01. The van der Waals surface area contributed by atoms with Crippen LogP contribution in [0.25, 0.3) is 0 Å². The minimum absolute atomic E-state index is 0.0663. The fourth-order valence-corrected chi connectivity index (χ4v) is 2.85. The Morgan fingerprint density at radius 3 is 2.35 bits per heavy atom. The lowest BCUT2D eigenvalue weighted by Gasteiger charge is -2.33. The molecule has 4 nitrogen and oxygen atoms in total. The first-order valence-corrected chi connectivity index (χ1v) is 7.06. The summed E-state index contributed by atoms with van der Waals surface area (Å²) in [6.45, 7) is 11.1. The molecule has 0 fully saturated rings. The van der Waals surface area contributed by atoms with E-state index in [2.05, 4.69) is 39.9 Å². The van der Waals surface area contributed by atoms with Gasteiger partial charge in [-0.25, -0.2) is 0 Å². The van der Waals surface area contributed by atoms with Crippen molar-refractivity contribution in [3.8, 4) is 0 Å². The first-order chi connectivity index (χ1) is 9.02. The first kappa shape index (κ1) is 16.9. The van der Waals surface area contributed by atoms with Crippen LogP contribution < -0.4 is 5.32 Å². The van der Waals surface area contributed by atoms with Crippen LogP contribution in [0.3, 0.4) is 0 Å². The maximum absolute atomic E-state index is 11.0. The highest BCUT2D eigenvalue weighted by Crippen LogP contribution is 2.29. The predicted molar refractivity (Wildman–Crippen MR) is 83.1 cm³/mol. The third kappa shape index (κ3) is 5.10. The Morgan fingerprint density at radius 1 is 1.25 bits per heavy atom. The molecule has 0 saturated heterocycles. The average molecular weight is 299 g/mol. The van der Waals surface area contributed by atoms with Crippen LogP contribution in [0.4, 0.5) is 5.69 Å². The minimum Gasteiger partial charge on any atom is -0.307 e. The number of nitro groups is 1. The zero-order valence-corrected chi connectivity index (χ0v) is 13.5. The van der Waals surface area contributed by atoms with Gasteiger partial charge in [-0.2, -0.15) is 0 Å². The lowest BCUT2D eigenvalue weighted by atomic mass is 9.81. The van der Waals surface area contributed by atoms with E-state index in [1.165, 1.54) is 6.07 Å². The van der Waals surface area contributed by atoms with Gasteiger partial charge in [-0.15, -0.1) is 0 Å². The number of benzene rings is 1. The predicted octanol–water partition coefficient (Wildman–Crippen LogP) is 4.55. The van der Waals surface area contributed by atoms with E-state index in [0.29, 0.717) is 17.1 Å². The molecular weight excluding hydrogens is 276 g/mol. The molecule has 0 radical (unpaired) electrons. The van der Waals surface area contributed by atoms with E-state index in [9.17, 15) is 10.1 Å². The summed E-state index contributed by atoms with van der Waals surface area (Å²) in [4.78, 5) is 10.7. The Hall–Kier alpha value is -1.13. The number of halogens is 1. The quantitative estimate of drug-likeness (QED) is 0.641. The molecule has 0 aliphatic carbocycles. The monoisotopic (exact) mass is 298 g/mol. The van der Waals surface area contributed by atoms with Gasteiger partial charge in [0.25, 0.3) is 5.69 Å². The Morgan fingerprint density at radius 2 is 1.85 bits per heavy atom. The van der Waals surface area contributed by atoms with Crippen molar-refractivity contribution in [3.05, 3.63) is 38.9 Å². The van der Waals surface area contributed by atoms with Gasteiger partial charge in [-0.05, 0) is 31.7 Å². The molecule has 0 unspecified atom stereocenters. The van der Waals surface area contributed by atoms with Gasteiger partial charge in [0.15, 0.2) is 0 Å². The lowest BCUT2D eigenvalue weighted by Crippen LogP contribution is -2.42. The lowest BCUT2D eigenvalue weighted by molar-refractivity contribution is -0.385. The van der Waals surface area contributed by atoms with Crippen LogP contribution in [-0.4, -0.2) is 10.5 Å². The number of hydrogen-bond acceptors (Lipinski definition) is 3. The second-order valence-electron chi connectivity index (χ2n) is 6.97. The van der Waals surface area contributed by atoms with Crippen molar-refractivity contribution in [2.75, 3.05) is 0 Å². The molecule has 1 aromatic carbocycles. The molecule has 0 aliphatic rings. The normalized spacial score (nSPS) is 12.5. The second kappa shape index (κ2) is 6.10. The van der Waals surface area contributed by atoms with Crippen molar-refractivity contribution in [2.24, 2.45) is 5.41 Å². The molecule has 0 aromatic heterocycles. The molecule has 1 aromatic rings. The molecule has 0 spiro atoms. The van der Waals surface area contributed by atoms with E-state index in [4.69, 9.17) is 11.6 Å². The van der Waals surface area contributed by atoms with Crippen molar-refractivity contribution in [3.63, 3.8) is 0 Å². The minimum atomic E-state index is -0.389. The number of hydrogen-bond donors (Lipinski definition) is 1. The van der Waals surface area contributed by atoms with E-state index in [0.717, 1.165) is 6.42 Å². The van der Waals surface area contributed by atoms with Gasteiger partial charge >= 0.3 is 0 Å². The second-order valence-corrected chi connectivity index (χ2v) is 7.38. The Balaban J connectivity index is 2.87. The van der Waals surface area contributed by atoms with Crippen LogP contribution in [0.1, 0.15) is 46.6 Å². The van der Waals surface area contributed by atoms with E-state index in [1.807, 2.05) is 0 Å². The van der Waals surface area contributed by atoms with E-state index >= 15 is 0 Å². The third-order valence-corrected chi connectivity index (χ3v) is 3.36. The standard InChI is InChI=1S/C15H23ClN2O2/c1-14(2,3)10-15(4,5)17-9-11-12(16)7-6-8-13(11)18(19)20/h6-8,17H,9-10H2,1-5H3. The number of nitrogens with one attached hydrogen (secondary N) is 1. The van der Waals surface area contributed by atoms with Crippen LogP contribution in [0.5, 0.6) is 0 Å². The molecule has 112 valence electrons. The van der Waals surface area contributed by atoms with E-state index in [1.54, 1.807) is 12.1 Å². The summed E-state index contributed by atoms with van der Waals surface area (Å²) in [5, 5.41) is 14.9. The molecule has 0 heterocycles. The maximum atomic E-state index is 11.0. The maximum Gasteiger partial charge on any atom is 0.275 e. The largest absolute Gasteiger partial charge is 0.307 e. The Kier molecular flexibility index (Phi) is 5.16. The van der Waals surface area contributed by atoms with E-state index < -0.39 is 0 Å². The summed E-state index contributed by atoms with van der Waals surface area (Å²) in [5.41, 5.74) is 0.673. The summed E-state index contributed by atoms with van der Waals surface area (Å²) in [7, 11) is 0. The van der Waals surface area contributed by atoms with Gasteiger partial charge in [0.2, 0.25) is 0 Å². The van der Waals surface area contributed by atoms with Gasteiger partial charge in [-0.3, -0.25) is 10.1 Å². The van der Waals surface area contributed by atoms with Crippen LogP contribution in [0, 0.1) is 15.5 Å². The van der Waals surface area contributed by atoms with Crippen molar-refractivity contribution < 1.29 is 4.92 Å². The summed E-state index contributed by atoms with van der Waals surface area (Å²) >= 11 is 6.09. The van der Waals surface area contributed by atoms with Crippen molar-refractivity contribution in [2.45, 2.75) is 53.1 Å². The SMILES string of the molecule is CC(C)(C)CC(C)(C)NCc1c(Cl)cccc1[N+](=O)[O-]. The van der Waals surface area contributed by atoms with Gasteiger partial charge in [0.05, 0.1) is 15.5 Å². The summed E-state index contributed by atoms with van der Waals surface area (Å²) in [6, 6.07) is 4.77. The molecule has 1 N–H and O–H groups in total. The van der Waals surface area contributed by atoms with E-state index in [-0.39, 0.29) is 21.6 Å². The molecule has 0 bridgehead atoms. The van der Waals surface area contributed by atoms with Gasteiger partial charge in [-0.1, -0.05) is 38.4 Å². The fraction of sp³-hybridized carbons (Fsp3) is 0.600. The number of nitro benzene ring substituents is 1. The molecule has 0 aliphatic heterocycles. The van der Waals surface area contributed by atoms with Crippen molar-refractivity contribution in [1.82, 2.24) is 5.32 Å². The molecule has 0 amide bonds. The number of rotatable bonds is 5. The fourth-order valence-electron chi connectivity index (χ4n) is 2.61. The highest BCUT2D eigenvalue weighted by atomic mass is 35.5.